The number of pyridine rings is 1. The molecule has 1 aliphatic rings. The van der Waals surface area contributed by atoms with Gasteiger partial charge in [-0.1, -0.05) is 6.07 Å². The molecule has 1 fully saturated rings. The Morgan fingerprint density at radius 1 is 1.12 bits per heavy atom. The first kappa shape index (κ1) is 10.5. The molecule has 0 aliphatic carbocycles. The number of rotatable bonds is 2. The second-order valence-electron chi connectivity index (χ2n) is 4.50. The lowest BCUT2D eigenvalue weighted by Crippen LogP contribution is -2.31. The van der Waals surface area contributed by atoms with E-state index in [1.54, 1.807) is 0 Å². The zero-order valence-electron chi connectivity index (χ0n) is 9.76. The maximum atomic E-state index is 4.37. The Bertz CT molecular complexity index is 504. The quantitative estimate of drug-likeness (QED) is 0.854. The van der Waals surface area contributed by atoms with Crippen molar-refractivity contribution in [1.29, 1.82) is 0 Å². The lowest BCUT2D eigenvalue weighted by Gasteiger charge is -2.23. The van der Waals surface area contributed by atoms with Crippen LogP contribution in [0.5, 0.6) is 0 Å². The molecule has 0 saturated carbocycles. The molecule has 3 nitrogen and oxygen atoms in total. The minimum atomic E-state index is 0.571. The molecule has 0 atom stereocenters. The van der Waals surface area contributed by atoms with Gasteiger partial charge < -0.3 is 5.32 Å². The lowest BCUT2D eigenvalue weighted by molar-refractivity contribution is 0.472. The second kappa shape index (κ2) is 4.72. The van der Waals surface area contributed by atoms with Crippen molar-refractivity contribution < 1.29 is 0 Å². The van der Waals surface area contributed by atoms with Gasteiger partial charge in [-0.15, -0.1) is 0 Å². The Balaban J connectivity index is 1.80. The van der Waals surface area contributed by atoms with Crippen LogP contribution >= 0.6 is 0 Å². The van der Waals surface area contributed by atoms with Crippen LogP contribution in [0.15, 0.2) is 36.5 Å². The molecular formula is C14H16N3. The number of anilines is 1. The molecule has 1 aromatic heterocycles. The molecule has 3 heteroatoms. The van der Waals surface area contributed by atoms with Crippen LogP contribution in [0.2, 0.25) is 0 Å². The molecule has 0 amide bonds. The van der Waals surface area contributed by atoms with E-state index >= 15 is 0 Å². The number of nitrogens with zero attached hydrogens (tertiary/aromatic N) is 2. The van der Waals surface area contributed by atoms with Crippen LogP contribution in [-0.2, 0) is 0 Å². The lowest BCUT2D eigenvalue weighted by atomic mass is 10.1. The van der Waals surface area contributed by atoms with E-state index < -0.39 is 0 Å². The highest BCUT2D eigenvalue weighted by atomic mass is 15.0. The Labute approximate surface area is 101 Å². The molecule has 1 saturated heterocycles. The highest BCUT2D eigenvalue weighted by Crippen LogP contribution is 2.19. The molecule has 1 N–H and O–H groups in total. The van der Waals surface area contributed by atoms with Crippen molar-refractivity contribution in [1.82, 2.24) is 10.3 Å². The van der Waals surface area contributed by atoms with E-state index in [9.17, 15) is 0 Å². The van der Waals surface area contributed by atoms with E-state index in [0.717, 1.165) is 31.4 Å². The van der Waals surface area contributed by atoms with Gasteiger partial charge in [0, 0.05) is 36.4 Å². The Morgan fingerprint density at radius 2 is 2.00 bits per heavy atom. The van der Waals surface area contributed by atoms with E-state index in [1.165, 1.54) is 11.1 Å². The van der Waals surface area contributed by atoms with E-state index in [4.69, 9.17) is 0 Å². The van der Waals surface area contributed by atoms with Crippen LogP contribution < -0.4 is 10.6 Å². The number of piperidine rings is 1. The second-order valence-corrected chi connectivity index (χ2v) is 4.50. The molecular weight excluding hydrogens is 210 g/mol. The van der Waals surface area contributed by atoms with E-state index in [1.807, 2.05) is 12.3 Å². The first-order valence-electron chi connectivity index (χ1n) is 6.16. The molecule has 2 heterocycles. The molecule has 0 bridgehead atoms. The zero-order valence-corrected chi connectivity index (χ0v) is 9.76. The number of hydrogen-bond acceptors (Lipinski definition) is 2. The first-order valence-corrected chi connectivity index (χ1v) is 6.16. The maximum absolute atomic E-state index is 4.37. The fourth-order valence-corrected chi connectivity index (χ4v) is 2.30. The third kappa shape index (κ3) is 2.39. The van der Waals surface area contributed by atoms with Gasteiger partial charge in [0.2, 0.25) is 0 Å². The van der Waals surface area contributed by atoms with Crippen molar-refractivity contribution in [3.63, 3.8) is 0 Å². The summed E-state index contributed by atoms with van der Waals surface area (Å²) in [4.78, 5) is 4.33. The van der Waals surface area contributed by atoms with Crippen LogP contribution in [0.3, 0.4) is 0 Å². The van der Waals surface area contributed by atoms with Gasteiger partial charge in [0.05, 0.1) is 5.52 Å². The highest BCUT2D eigenvalue weighted by Gasteiger charge is 2.13. The number of benzene rings is 1. The Kier molecular flexibility index (Phi) is 2.92. The van der Waals surface area contributed by atoms with Gasteiger partial charge in [-0.2, -0.15) is 0 Å². The van der Waals surface area contributed by atoms with E-state index in [-0.39, 0.29) is 0 Å². The summed E-state index contributed by atoms with van der Waals surface area (Å²) in [5.41, 5.74) is 2.24. The van der Waals surface area contributed by atoms with Crippen molar-refractivity contribution in [3.05, 3.63) is 36.5 Å². The zero-order chi connectivity index (χ0) is 11.5. The monoisotopic (exact) mass is 226 g/mol. The normalized spacial score (nSPS) is 17.2. The summed E-state index contributed by atoms with van der Waals surface area (Å²) < 4.78 is 0. The summed E-state index contributed by atoms with van der Waals surface area (Å²) in [6, 6.07) is 11.0. The fraction of sp³-hybridized carbons (Fsp3) is 0.357. The molecule has 1 aliphatic heterocycles. The van der Waals surface area contributed by atoms with Crippen molar-refractivity contribution in [2.24, 2.45) is 0 Å². The predicted molar refractivity (Wildman–Crippen MR) is 70.3 cm³/mol. The summed E-state index contributed by atoms with van der Waals surface area (Å²) in [5.74, 6) is 0. The molecule has 1 aromatic carbocycles. The molecule has 2 aromatic rings. The van der Waals surface area contributed by atoms with Crippen LogP contribution in [-0.4, -0.2) is 24.1 Å². The summed E-state index contributed by atoms with van der Waals surface area (Å²) >= 11 is 0. The molecule has 0 unspecified atom stereocenters. The van der Waals surface area contributed by atoms with Gasteiger partial charge in [-0.25, -0.2) is 5.32 Å². The number of hydrogen-bond donors (Lipinski definition) is 1. The average molecular weight is 226 g/mol. The number of fused-ring (bicyclic) bond motifs is 1. The third-order valence-electron chi connectivity index (χ3n) is 3.25. The fourth-order valence-electron chi connectivity index (χ4n) is 2.30. The predicted octanol–water partition coefficient (Wildman–Crippen LogP) is 2.41. The van der Waals surface area contributed by atoms with E-state index in [0.29, 0.717) is 6.04 Å². The minimum Gasteiger partial charge on any atom is -0.382 e. The van der Waals surface area contributed by atoms with Crippen LogP contribution in [0.4, 0.5) is 5.69 Å². The van der Waals surface area contributed by atoms with Gasteiger partial charge in [0.1, 0.15) is 0 Å². The standard InChI is InChI=1S/C14H16N3/c1-2-11-10-13(3-4-14(11)16-7-1)17-12-5-8-15-9-6-12/h1-4,7,10,12,17H,5-6,8-9H2. The number of aromatic nitrogens is 1. The number of nitrogens with one attached hydrogen (secondary N) is 1. The van der Waals surface area contributed by atoms with Gasteiger partial charge in [0.15, 0.2) is 0 Å². The molecule has 87 valence electrons. The van der Waals surface area contributed by atoms with Crippen LogP contribution in [0.1, 0.15) is 12.8 Å². The topological polar surface area (TPSA) is 39.0 Å². The Hall–Kier alpha value is -1.61. The minimum absolute atomic E-state index is 0.571. The smallest absolute Gasteiger partial charge is 0.0703 e. The SMILES string of the molecule is c1cnc2ccc(NC3CC[N]CC3)cc2c1. The van der Waals surface area contributed by atoms with Crippen molar-refractivity contribution >= 4 is 16.6 Å². The Morgan fingerprint density at radius 3 is 2.88 bits per heavy atom. The van der Waals surface area contributed by atoms with Gasteiger partial charge in [-0.05, 0) is 37.1 Å². The molecule has 1 radical (unpaired) electrons. The van der Waals surface area contributed by atoms with Gasteiger partial charge in [-0.3, -0.25) is 4.98 Å². The van der Waals surface area contributed by atoms with Crippen molar-refractivity contribution in [3.8, 4) is 0 Å². The largest absolute Gasteiger partial charge is 0.382 e. The molecule has 17 heavy (non-hydrogen) atoms. The summed E-state index contributed by atoms with van der Waals surface area (Å²) in [6.45, 7) is 1.99. The third-order valence-corrected chi connectivity index (χ3v) is 3.25. The highest BCUT2D eigenvalue weighted by molar-refractivity contribution is 5.82. The van der Waals surface area contributed by atoms with Gasteiger partial charge >= 0.3 is 0 Å². The van der Waals surface area contributed by atoms with Gasteiger partial charge in [0.25, 0.3) is 0 Å². The molecule has 3 rings (SSSR count). The summed E-state index contributed by atoms with van der Waals surface area (Å²) in [7, 11) is 0. The van der Waals surface area contributed by atoms with E-state index in [2.05, 4.69) is 39.9 Å². The van der Waals surface area contributed by atoms with Crippen molar-refractivity contribution in [2.45, 2.75) is 18.9 Å². The van der Waals surface area contributed by atoms with Crippen LogP contribution in [0, 0.1) is 0 Å². The molecule has 0 spiro atoms. The maximum Gasteiger partial charge on any atom is 0.0703 e. The first-order chi connectivity index (χ1) is 8.42. The van der Waals surface area contributed by atoms with Crippen molar-refractivity contribution in [2.75, 3.05) is 18.4 Å². The summed E-state index contributed by atoms with van der Waals surface area (Å²) in [5, 5.41) is 9.15. The average Bonchev–Trinajstić information content (AvgIpc) is 2.40. The summed E-state index contributed by atoms with van der Waals surface area (Å²) in [6.07, 6.45) is 4.12. The van der Waals surface area contributed by atoms with Crippen LogP contribution in [0.25, 0.3) is 10.9 Å².